The van der Waals surface area contributed by atoms with E-state index in [0.717, 1.165) is 0 Å². The van der Waals surface area contributed by atoms with Gasteiger partial charge < -0.3 is 4.74 Å². The van der Waals surface area contributed by atoms with E-state index in [1.54, 1.807) is 0 Å². The molecule has 1 fully saturated rings. The van der Waals surface area contributed by atoms with E-state index in [2.05, 4.69) is 51.1 Å². The average Bonchev–Trinajstić information content (AvgIpc) is 2.43. The molecular weight excluding hydrogens is 172 g/mol. The molecule has 14 heavy (non-hydrogen) atoms. The van der Waals surface area contributed by atoms with Crippen LogP contribution in [-0.2, 0) is 4.74 Å². The first-order chi connectivity index (χ1) is 6.70. The van der Waals surface area contributed by atoms with E-state index in [0.29, 0.717) is 24.0 Å². The molecule has 0 spiro atoms. The molecule has 2 rings (SSSR count). The molecule has 0 saturated carbocycles. The Morgan fingerprint density at radius 2 is 1.57 bits per heavy atom. The zero-order valence-electron chi connectivity index (χ0n) is 9.10. The van der Waals surface area contributed by atoms with Crippen molar-refractivity contribution in [1.82, 2.24) is 0 Å². The first kappa shape index (κ1) is 9.72. The van der Waals surface area contributed by atoms with E-state index in [-0.39, 0.29) is 0 Å². The quantitative estimate of drug-likeness (QED) is 0.660. The Bertz CT molecular complexity index is 293. The maximum atomic E-state index is 5.84. The third-order valence-corrected chi connectivity index (χ3v) is 3.43. The predicted octanol–water partition coefficient (Wildman–Crippen LogP) is 3.21. The van der Waals surface area contributed by atoms with E-state index in [9.17, 15) is 0 Å². The lowest BCUT2D eigenvalue weighted by atomic mass is 9.84. The Morgan fingerprint density at radius 1 is 0.929 bits per heavy atom. The fourth-order valence-corrected chi connectivity index (χ4v) is 2.52. The highest BCUT2D eigenvalue weighted by Crippen LogP contribution is 2.39. The third kappa shape index (κ3) is 1.57. The summed E-state index contributed by atoms with van der Waals surface area (Å²) in [6.07, 6.45) is 0.734. The lowest BCUT2D eigenvalue weighted by Crippen LogP contribution is -2.14. The lowest BCUT2D eigenvalue weighted by molar-refractivity contribution is 0.0557. The standard InChI is InChI=1S/C13H18O/c1-9-10(2)14-11(3)13(9)12-7-5-4-6-8-12/h4-11,13H,1-3H3. The average molecular weight is 190 g/mol. The van der Waals surface area contributed by atoms with E-state index in [1.165, 1.54) is 5.56 Å². The van der Waals surface area contributed by atoms with Gasteiger partial charge in [-0.15, -0.1) is 0 Å². The Labute approximate surface area is 86.1 Å². The molecule has 1 heterocycles. The van der Waals surface area contributed by atoms with Crippen LogP contribution in [0.4, 0.5) is 0 Å². The van der Waals surface area contributed by atoms with Gasteiger partial charge in [-0.3, -0.25) is 0 Å². The molecule has 1 aromatic rings. The Hall–Kier alpha value is -0.820. The molecule has 0 amide bonds. The molecule has 0 aliphatic carbocycles. The van der Waals surface area contributed by atoms with Gasteiger partial charge >= 0.3 is 0 Å². The van der Waals surface area contributed by atoms with Crippen molar-refractivity contribution in [2.45, 2.75) is 38.9 Å². The van der Waals surface area contributed by atoms with Gasteiger partial charge in [-0.25, -0.2) is 0 Å². The van der Waals surface area contributed by atoms with E-state index < -0.39 is 0 Å². The molecule has 1 aliphatic heterocycles. The molecule has 1 saturated heterocycles. The molecule has 1 nitrogen and oxygen atoms in total. The largest absolute Gasteiger partial charge is 0.375 e. The highest BCUT2D eigenvalue weighted by atomic mass is 16.5. The second-order valence-electron chi connectivity index (χ2n) is 4.34. The van der Waals surface area contributed by atoms with Crippen LogP contribution in [0.25, 0.3) is 0 Å². The van der Waals surface area contributed by atoms with Gasteiger partial charge in [-0.2, -0.15) is 0 Å². The molecule has 0 N–H and O–H groups in total. The van der Waals surface area contributed by atoms with Crippen molar-refractivity contribution in [3.63, 3.8) is 0 Å². The molecule has 4 atom stereocenters. The second-order valence-corrected chi connectivity index (χ2v) is 4.34. The van der Waals surface area contributed by atoms with Gasteiger partial charge in [0.05, 0.1) is 12.2 Å². The minimum atomic E-state index is 0.349. The SMILES string of the molecule is CC1OC(C)C(c2ccccc2)C1C. The molecule has 1 heteroatoms. The summed E-state index contributed by atoms with van der Waals surface area (Å²) in [6.45, 7) is 6.63. The van der Waals surface area contributed by atoms with Gasteiger partial charge in [0.2, 0.25) is 0 Å². The number of benzene rings is 1. The molecule has 1 aromatic carbocycles. The fourth-order valence-electron chi connectivity index (χ4n) is 2.52. The van der Waals surface area contributed by atoms with Gasteiger partial charge in [0.25, 0.3) is 0 Å². The van der Waals surface area contributed by atoms with Crippen LogP contribution < -0.4 is 0 Å². The maximum Gasteiger partial charge on any atom is 0.0622 e. The van der Waals surface area contributed by atoms with Crippen molar-refractivity contribution in [2.24, 2.45) is 5.92 Å². The minimum absolute atomic E-state index is 0.349. The van der Waals surface area contributed by atoms with Crippen molar-refractivity contribution in [3.8, 4) is 0 Å². The van der Waals surface area contributed by atoms with Crippen LogP contribution in [0.15, 0.2) is 30.3 Å². The number of hydrogen-bond acceptors (Lipinski definition) is 1. The van der Waals surface area contributed by atoms with Gasteiger partial charge in [-0.1, -0.05) is 37.3 Å². The lowest BCUT2D eigenvalue weighted by Gasteiger charge is -2.18. The third-order valence-electron chi connectivity index (χ3n) is 3.43. The molecule has 0 radical (unpaired) electrons. The number of hydrogen-bond donors (Lipinski definition) is 0. The molecule has 0 bridgehead atoms. The smallest absolute Gasteiger partial charge is 0.0622 e. The summed E-state index contributed by atoms with van der Waals surface area (Å²) < 4.78 is 5.84. The van der Waals surface area contributed by atoms with Crippen molar-refractivity contribution >= 4 is 0 Å². The van der Waals surface area contributed by atoms with Gasteiger partial charge in [-0.05, 0) is 25.3 Å². The molecular formula is C13H18O. The van der Waals surface area contributed by atoms with Crippen molar-refractivity contribution < 1.29 is 4.74 Å². The van der Waals surface area contributed by atoms with Crippen molar-refractivity contribution in [1.29, 1.82) is 0 Å². The summed E-state index contributed by atoms with van der Waals surface area (Å²) in [5.74, 6) is 1.18. The normalized spacial score (nSPS) is 37.4. The Morgan fingerprint density at radius 3 is 2.07 bits per heavy atom. The highest BCUT2D eigenvalue weighted by Gasteiger charge is 2.37. The summed E-state index contributed by atoms with van der Waals surface area (Å²) in [7, 11) is 0. The molecule has 0 aromatic heterocycles. The topological polar surface area (TPSA) is 9.23 Å². The van der Waals surface area contributed by atoms with Crippen LogP contribution in [0.2, 0.25) is 0 Å². The predicted molar refractivity (Wildman–Crippen MR) is 58.4 cm³/mol. The van der Waals surface area contributed by atoms with Crippen molar-refractivity contribution in [2.75, 3.05) is 0 Å². The van der Waals surface area contributed by atoms with Crippen LogP contribution >= 0.6 is 0 Å². The Kier molecular flexibility index (Phi) is 2.60. The molecule has 4 unspecified atom stereocenters. The first-order valence-corrected chi connectivity index (χ1v) is 5.40. The Balaban J connectivity index is 2.26. The highest BCUT2D eigenvalue weighted by molar-refractivity contribution is 5.22. The van der Waals surface area contributed by atoms with Crippen LogP contribution in [0.3, 0.4) is 0 Å². The zero-order chi connectivity index (χ0) is 10.1. The summed E-state index contributed by atoms with van der Waals surface area (Å²) in [5.41, 5.74) is 1.41. The molecule has 1 aliphatic rings. The van der Waals surface area contributed by atoms with Gasteiger partial charge in [0.1, 0.15) is 0 Å². The maximum absolute atomic E-state index is 5.84. The number of ether oxygens (including phenoxy) is 1. The molecule has 76 valence electrons. The summed E-state index contributed by atoms with van der Waals surface area (Å²) in [5, 5.41) is 0. The summed E-state index contributed by atoms with van der Waals surface area (Å²) in [6, 6.07) is 10.7. The summed E-state index contributed by atoms with van der Waals surface area (Å²) in [4.78, 5) is 0. The van der Waals surface area contributed by atoms with Crippen LogP contribution in [0, 0.1) is 5.92 Å². The summed E-state index contributed by atoms with van der Waals surface area (Å²) >= 11 is 0. The van der Waals surface area contributed by atoms with Gasteiger partial charge in [0, 0.05) is 5.92 Å². The fraction of sp³-hybridized carbons (Fsp3) is 0.538. The first-order valence-electron chi connectivity index (χ1n) is 5.40. The van der Waals surface area contributed by atoms with E-state index in [4.69, 9.17) is 4.74 Å². The van der Waals surface area contributed by atoms with E-state index in [1.807, 2.05) is 0 Å². The minimum Gasteiger partial charge on any atom is -0.375 e. The number of rotatable bonds is 1. The van der Waals surface area contributed by atoms with Crippen LogP contribution in [0.1, 0.15) is 32.3 Å². The monoisotopic (exact) mass is 190 g/mol. The zero-order valence-corrected chi connectivity index (χ0v) is 9.10. The van der Waals surface area contributed by atoms with Crippen LogP contribution in [-0.4, -0.2) is 12.2 Å². The van der Waals surface area contributed by atoms with Crippen molar-refractivity contribution in [3.05, 3.63) is 35.9 Å². The second kappa shape index (κ2) is 3.74. The van der Waals surface area contributed by atoms with Gasteiger partial charge in [0.15, 0.2) is 0 Å². The van der Waals surface area contributed by atoms with E-state index >= 15 is 0 Å². The van der Waals surface area contributed by atoms with Crippen LogP contribution in [0.5, 0.6) is 0 Å².